The molecule has 3 nitrogen and oxygen atoms in total. The zero-order valence-electron chi connectivity index (χ0n) is 6.38. The quantitative estimate of drug-likeness (QED) is 0.650. The average Bonchev–Trinajstić information content (AvgIpc) is 2.28. The van der Waals surface area contributed by atoms with Crippen LogP contribution in [-0.2, 0) is 4.74 Å². The Bertz CT molecular complexity index is 280. The van der Waals surface area contributed by atoms with Crippen molar-refractivity contribution in [3.05, 3.63) is 16.5 Å². The van der Waals surface area contributed by atoms with Gasteiger partial charge in [0.1, 0.15) is 5.00 Å². The molecule has 0 aliphatic heterocycles. The van der Waals surface area contributed by atoms with Crippen LogP contribution >= 0.6 is 11.3 Å². The van der Waals surface area contributed by atoms with Crippen molar-refractivity contribution in [2.24, 2.45) is 0 Å². The number of aryl methyl sites for hydroxylation is 1. The fourth-order valence-corrected chi connectivity index (χ4v) is 1.58. The van der Waals surface area contributed by atoms with E-state index in [4.69, 9.17) is 5.73 Å². The van der Waals surface area contributed by atoms with E-state index in [-0.39, 0.29) is 5.97 Å². The molecule has 0 amide bonds. The highest BCUT2D eigenvalue weighted by Crippen LogP contribution is 2.24. The molecule has 0 saturated carbocycles. The number of nitrogens with two attached hydrogens (primary N) is 1. The molecule has 0 radical (unpaired) electrons. The molecule has 0 spiro atoms. The number of anilines is 1. The monoisotopic (exact) mass is 171 g/mol. The molecule has 0 aliphatic carbocycles. The molecule has 0 aromatic carbocycles. The summed E-state index contributed by atoms with van der Waals surface area (Å²) in [6, 6.07) is 1.73. The van der Waals surface area contributed by atoms with Crippen molar-refractivity contribution in [2.45, 2.75) is 6.92 Å². The van der Waals surface area contributed by atoms with Crippen molar-refractivity contribution in [3.63, 3.8) is 0 Å². The van der Waals surface area contributed by atoms with Gasteiger partial charge in [-0.15, -0.1) is 11.3 Å². The lowest BCUT2D eigenvalue weighted by Gasteiger charge is -1.94. The average molecular weight is 171 g/mol. The van der Waals surface area contributed by atoms with Crippen LogP contribution in [0.2, 0.25) is 0 Å². The van der Waals surface area contributed by atoms with E-state index in [1.807, 2.05) is 6.92 Å². The maximum absolute atomic E-state index is 11.0. The Labute approximate surface area is 68.8 Å². The fourth-order valence-electron chi connectivity index (χ4n) is 0.802. The van der Waals surface area contributed by atoms with Gasteiger partial charge in [0.2, 0.25) is 0 Å². The summed E-state index contributed by atoms with van der Waals surface area (Å²) in [5.74, 6) is -0.369. The summed E-state index contributed by atoms with van der Waals surface area (Å²) in [5.41, 5.74) is 6.00. The summed E-state index contributed by atoms with van der Waals surface area (Å²) in [6.45, 7) is 1.90. The molecule has 60 valence electrons. The minimum Gasteiger partial charge on any atom is -0.465 e. The third-order valence-corrected chi connectivity index (χ3v) is 2.17. The number of rotatable bonds is 1. The fraction of sp³-hybridized carbons (Fsp3) is 0.286. The van der Waals surface area contributed by atoms with Gasteiger partial charge in [-0.1, -0.05) is 0 Å². The van der Waals surface area contributed by atoms with Crippen LogP contribution in [0.4, 0.5) is 5.00 Å². The first-order valence-electron chi connectivity index (χ1n) is 3.09. The first-order chi connectivity index (χ1) is 5.15. The molecule has 11 heavy (non-hydrogen) atoms. The lowest BCUT2D eigenvalue weighted by Crippen LogP contribution is -2.01. The van der Waals surface area contributed by atoms with Crippen molar-refractivity contribution in [2.75, 3.05) is 12.8 Å². The number of hydrogen-bond acceptors (Lipinski definition) is 4. The largest absolute Gasteiger partial charge is 0.465 e. The molecule has 1 aromatic heterocycles. The molecule has 1 heterocycles. The van der Waals surface area contributed by atoms with Crippen LogP contribution in [0, 0.1) is 6.92 Å². The Morgan fingerprint density at radius 1 is 1.73 bits per heavy atom. The summed E-state index contributed by atoms with van der Waals surface area (Å²) < 4.78 is 4.52. The molecule has 0 aliphatic rings. The molecule has 0 saturated heterocycles. The van der Waals surface area contributed by atoms with Crippen molar-refractivity contribution in [1.82, 2.24) is 0 Å². The molecule has 0 fully saturated rings. The van der Waals surface area contributed by atoms with Crippen LogP contribution in [0.5, 0.6) is 0 Å². The first-order valence-corrected chi connectivity index (χ1v) is 3.91. The Balaban J connectivity index is 3.03. The summed E-state index contributed by atoms with van der Waals surface area (Å²) in [6.07, 6.45) is 0. The molecule has 0 bridgehead atoms. The van der Waals surface area contributed by atoms with Gasteiger partial charge in [0.15, 0.2) is 0 Å². The minimum atomic E-state index is -0.369. The van der Waals surface area contributed by atoms with Crippen LogP contribution < -0.4 is 5.73 Å². The molecule has 0 atom stereocenters. The lowest BCUT2D eigenvalue weighted by atomic mass is 10.3. The number of esters is 1. The molecule has 0 unspecified atom stereocenters. The number of nitrogen functional groups attached to an aromatic ring is 1. The summed E-state index contributed by atoms with van der Waals surface area (Å²) in [5, 5.41) is 0.523. The number of hydrogen-bond donors (Lipinski definition) is 1. The van der Waals surface area contributed by atoms with Gasteiger partial charge in [0.25, 0.3) is 0 Å². The van der Waals surface area contributed by atoms with Crippen LogP contribution in [-0.4, -0.2) is 13.1 Å². The van der Waals surface area contributed by atoms with Gasteiger partial charge in [0.05, 0.1) is 12.7 Å². The van der Waals surface area contributed by atoms with Crippen molar-refractivity contribution in [3.8, 4) is 0 Å². The van der Waals surface area contributed by atoms with E-state index < -0.39 is 0 Å². The first kappa shape index (κ1) is 8.07. The summed E-state index contributed by atoms with van der Waals surface area (Å²) in [7, 11) is 1.34. The smallest absolute Gasteiger partial charge is 0.340 e. The van der Waals surface area contributed by atoms with Crippen LogP contribution in [0.15, 0.2) is 6.07 Å². The van der Waals surface area contributed by atoms with Crippen molar-refractivity contribution < 1.29 is 9.53 Å². The highest BCUT2D eigenvalue weighted by molar-refractivity contribution is 7.16. The zero-order valence-corrected chi connectivity index (χ0v) is 7.20. The van der Waals surface area contributed by atoms with Crippen molar-refractivity contribution >= 4 is 22.3 Å². The van der Waals surface area contributed by atoms with Crippen LogP contribution in [0.1, 0.15) is 15.2 Å². The summed E-state index contributed by atoms with van der Waals surface area (Å²) >= 11 is 1.39. The van der Waals surface area contributed by atoms with E-state index in [2.05, 4.69) is 4.74 Å². The molecule has 1 rings (SSSR count). The second kappa shape index (κ2) is 2.92. The van der Waals surface area contributed by atoms with E-state index in [0.29, 0.717) is 10.6 Å². The maximum Gasteiger partial charge on any atom is 0.340 e. The standard InChI is InChI=1S/C7H9NO2S/c1-4-3-5(6(8)11-4)7(9)10-2/h3H,8H2,1-2H3. The maximum atomic E-state index is 11.0. The number of carbonyl (C=O) groups excluding carboxylic acids is 1. The molecule has 1 aromatic rings. The Morgan fingerprint density at radius 3 is 2.73 bits per heavy atom. The second-order valence-electron chi connectivity index (χ2n) is 2.13. The molecule has 4 heteroatoms. The van der Waals surface area contributed by atoms with E-state index in [9.17, 15) is 4.79 Å². The molecular formula is C7H9NO2S. The van der Waals surface area contributed by atoms with Gasteiger partial charge in [-0.25, -0.2) is 4.79 Å². The predicted octanol–water partition coefficient (Wildman–Crippen LogP) is 1.43. The van der Waals surface area contributed by atoms with E-state index >= 15 is 0 Å². The second-order valence-corrected chi connectivity index (χ2v) is 3.41. The topological polar surface area (TPSA) is 52.3 Å². The van der Waals surface area contributed by atoms with Gasteiger partial charge < -0.3 is 10.5 Å². The Kier molecular flexibility index (Phi) is 2.14. The molecular weight excluding hydrogens is 162 g/mol. The minimum absolute atomic E-state index is 0.369. The zero-order chi connectivity index (χ0) is 8.43. The van der Waals surface area contributed by atoms with Crippen LogP contribution in [0.25, 0.3) is 0 Å². The number of methoxy groups -OCH3 is 1. The third-order valence-electron chi connectivity index (χ3n) is 1.29. The normalized spacial score (nSPS) is 9.64. The van der Waals surface area contributed by atoms with E-state index in [0.717, 1.165) is 4.88 Å². The highest BCUT2D eigenvalue weighted by atomic mass is 32.1. The van der Waals surface area contributed by atoms with Gasteiger partial charge in [-0.05, 0) is 13.0 Å². The number of ether oxygens (including phenoxy) is 1. The van der Waals surface area contributed by atoms with Gasteiger partial charge in [-0.3, -0.25) is 0 Å². The number of thiophene rings is 1. The third kappa shape index (κ3) is 1.51. The lowest BCUT2D eigenvalue weighted by molar-refractivity contribution is 0.0602. The van der Waals surface area contributed by atoms with E-state index in [1.165, 1.54) is 18.4 Å². The van der Waals surface area contributed by atoms with Gasteiger partial charge >= 0.3 is 5.97 Å². The van der Waals surface area contributed by atoms with Gasteiger partial charge in [-0.2, -0.15) is 0 Å². The highest BCUT2D eigenvalue weighted by Gasteiger charge is 2.11. The molecule has 2 N–H and O–H groups in total. The number of carbonyl (C=O) groups is 1. The van der Waals surface area contributed by atoms with Gasteiger partial charge in [0, 0.05) is 4.88 Å². The van der Waals surface area contributed by atoms with Crippen LogP contribution in [0.3, 0.4) is 0 Å². The summed E-state index contributed by atoms with van der Waals surface area (Å²) in [4.78, 5) is 12.0. The van der Waals surface area contributed by atoms with E-state index in [1.54, 1.807) is 6.07 Å². The Hall–Kier alpha value is -1.03. The SMILES string of the molecule is COC(=O)c1cc(C)sc1N. The predicted molar refractivity (Wildman–Crippen MR) is 44.8 cm³/mol. The Morgan fingerprint density at radius 2 is 2.36 bits per heavy atom. The van der Waals surface area contributed by atoms with Crippen molar-refractivity contribution in [1.29, 1.82) is 0 Å².